The molecule has 1 fully saturated rings. The van der Waals surface area contributed by atoms with Gasteiger partial charge in [-0.25, -0.2) is 0 Å². The fourth-order valence-electron chi connectivity index (χ4n) is 1.94. The van der Waals surface area contributed by atoms with Crippen molar-refractivity contribution >= 4 is 11.9 Å². The van der Waals surface area contributed by atoms with Gasteiger partial charge in [-0.1, -0.05) is 0 Å². The molecule has 0 spiro atoms. The van der Waals surface area contributed by atoms with Gasteiger partial charge in [0.2, 0.25) is 0 Å². The highest BCUT2D eigenvalue weighted by atomic mass is 16.4. The normalized spacial score (nSPS) is 21.5. The molecule has 86 valence electrons. The van der Waals surface area contributed by atoms with Crippen LogP contribution < -0.4 is 0 Å². The minimum Gasteiger partial charge on any atom is -0.480 e. The fourth-order valence-corrected chi connectivity index (χ4v) is 1.94. The first-order valence-electron chi connectivity index (χ1n) is 5.11. The molecule has 5 heteroatoms. The molecule has 2 N–H and O–H groups in total. The molecule has 5 nitrogen and oxygen atoms in total. The maximum atomic E-state index is 11.0. The molecule has 0 aromatic heterocycles. The molecular weight excluding hydrogens is 198 g/mol. The van der Waals surface area contributed by atoms with Gasteiger partial charge in [-0.3, -0.25) is 9.59 Å². The van der Waals surface area contributed by atoms with Crippen LogP contribution in [0.4, 0.5) is 0 Å². The summed E-state index contributed by atoms with van der Waals surface area (Å²) < 4.78 is 0. The number of piperidine rings is 1. The molecule has 15 heavy (non-hydrogen) atoms. The van der Waals surface area contributed by atoms with Crippen LogP contribution in [0, 0.1) is 5.41 Å². The lowest BCUT2D eigenvalue weighted by Gasteiger charge is -2.37. The zero-order valence-electron chi connectivity index (χ0n) is 9.06. The third kappa shape index (κ3) is 2.12. The Morgan fingerprint density at radius 1 is 1.13 bits per heavy atom. The molecule has 0 radical (unpaired) electrons. The predicted molar refractivity (Wildman–Crippen MR) is 53.6 cm³/mol. The average molecular weight is 215 g/mol. The van der Waals surface area contributed by atoms with E-state index in [0.29, 0.717) is 19.1 Å². The number of rotatable bonds is 3. The van der Waals surface area contributed by atoms with Gasteiger partial charge in [0.25, 0.3) is 0 Å². The van der Waals surface area contributed by atoms with E-state index < -0.39 is 17.4 Å². The first-order chi connectivity index (χ1) is 6.90. The molecular formula is C10H17NO4. The van der Waals surface area contributed by atoms with Gasteiger partial charge in [-0.05, 0) is 26.7 Å². The molecule has 1 rings (SSSR count). The molecule has 0 saturated carbocycles. The van der Waals surface area contributed by atoms with Gasteiger partial charge in [0, 0.05) is 19.1 Å². The van der Waals surface area contributed by atoms with Crippen molar-refractivity contribution in [2.24, 2.45) is 5.41 Å². The average Bonchev–Trinajstić information content (AvgIpc) is 2.17. The largest absolute Gasteiger partial charge is 0.480 e. The van der Waals surface area contributed by atoms with Crippen molar-refractivity contribution < 1.29 is 19.8 Å². The lowest BCUT2D eigenvalue weighted by molar-refractivity contribution is -0.168. The Labute approximate surface area is 88.7 Å². The Bertz CT molecular complexity index is 251. The topological polar surface area (TPSA) is 77.8 Å². The highest BCUT2D eigenvalue weighted by Gasteiger charge is 2.48. The van der Waals surface area contributed by atoms with E-state index in [1.807, 2.05) is 13.8 Å². The highest BCUT2D eigenvalue weighted by molar-refractivity contribution is 5.98. The predicted octanol–water partition coefficient (Wildman–Crippen LogP) is 0.646. The third-order valence-corrected chi connectivity index (χ3v) is 3.20. The summed E-state index contributed by atoms with van der Waals surface area (Å²) in [7, 11) is 0. The van der Waals surface area contributed by atoms with Crippen LogP contribution in [0.15, 0.2) is 0 Å². The van der Waals surface area contributed by atoms with E-state index in [-0.39, 0.29) is 12.8 Å². The monoisotopic (exact) mass is 215 g/mol. The molecule has 0 aromatic rings. The Balaban J connectivity index is 2.75. The summed E-state index contributed by atoms with van der Waals surface area (Å²) in [5, 5.41) is 18.0. The van der Waals surface area contributed by atoms with Crippen molar-refractivity contribution in [2.45, 2.75) is 32.7 Å². The second-order valence-corrected chi connectivity index (χ2v) is 4.32. The SMILES string of the molecule is CC(C)N1CCC(C(=O)O)(C(=O)O)CC1. The number of likely N-dealkylation sites (tertiary alicyclic amines) is 1. The van der Waals surface area contributed by atoms with Gasteiger partial charge < -0.3 is 15.1 Å². The standard InChI is InChI=1S/C10H17NO4/c1-7(2)11-5-3-10(4-6-11,8(12)13)9(14)15/h7H,3-6H2,1-2H3,(H,12,13)(H,14,15). The number of carboxylic acid groups (broad SMARTS) is 2. The van der Waals surface area contributed by atoms with Crippen LogP contribution in [0.25, 0.3) is 0 Å². The van der Waals surface area contributed by atoms with Gasteiger partial charge in [0.05, 0.1) is 0 Å². The van der Waals surface area contributed by atoms with Crippen LogP contribution in [0.1, 0.15) is 26.7 Å². The first-order valence-corrected chi connectivity index (χ1v) is 5.11. The molecule has 0 atom stereocenters. The number of carboxylic acids is 2. The second-order valence-electron chi connectivity index (χ2n) is 4.32. The summed E-state index contributed by atoms with van der Waals surface area (Å²) >= 11 is 0. The molecule has 1 heterocycles. The Morgan fingerprint density at radius 2 is 1.53 bits per heavy atom. The quantitative estimate of drug-likeness (QED) is 0.676. The molecule has 1 aliphatic heterocycles. The van der Waals surface area contributed by atoms with Crippen LogP contribution >= 0.6 is 0 Å². The zero-order chi connectivity index (χ0) is 11.6. The Kier molecular flexibility index (Phi) is 3.34. The Hall–Kier alpha value is -1.10. The van der Waals surface area contributed by atoms with E-state index in [9.17, 15) is 9.59 Å². The maximum Gasteiger partial charge on any atom is 0.321 e. The lowest BCUT2D eigenvalue weighted by atomic mass is 9.78. The number of hydrogen-bond acceptors (Lipinski definition) is 3. The van der Waals surface area contributed by atoms with E-state index >= 15 is 0 Å². The van der Waals surface area contributed by atoms with Crippen molar-refractivity contribution in [2.75, 3.05) is 13.1 Å². The summed E-state index contributed by atoms with van der Waals surface area (Å²) in [5.41, 5.74) is -1.56. The van der Waals surface area contributed by atoms with Crippen molar-refractivity contribution in [1.29, 1.82) is 0 Å². The van der Waals surface area contributed by atoms with E-state index in [2.05, 4.69) is 4.90 Å². The minimum atomic E-state index is -1.56. The van der Waals surface area contributed by atoms with Gasteiger partial charge in [-0.15, -0.1) is 0 Å². The minimum absolute atomic E-state index is 0.190. The van der Waals surface area contributed by atoms with Crippen molar-refractivity contribution in [3.63, 3.8) is 0 Å². The molecule has 1 aliphatic rings. The Morgan fingerprint density at radius 3 is 1.80 bits per heavy atom. The summed E-state index contributed by atoms with van der Waals surface area (Å²) in [4.78, 5) is 24.1. The third-order valence-electron chi connectivity index (χ3n) is 3.20. The first kappa shape index (κ1) is 12.0. The molecule has 0 amide bonds. The van der Waals surface area contributed by atoms with E-state index in [1.54, 1.807) is 0 Å². The summed E-state index contributed by atoms with van der Waals surface area (Å²) in [6.07, 6.45) is 0.381. The maximum absolute atomic E-state index is 11.0. The molecule has 0 aliphatic carbocycles. The number of carbonyl (C=O) groups is 2. The van der Waals surface area contributed by atoms with Crippen molar-refractivity contribution in [3.8, 4) is 0 Å². The molecule has 0 unspecified atom stereocenters. The zero-order valence-corrected chi connectivity index (χ0v) is 9.06. The molecule has 0 aromatic carbocycles. The van der Waals surface area contributed by atoms with E-state index in [4.69, 9.17) is 10.2 Å². The number of aliphatic carboxylic acids is 2. The van der Waals surface area contributed by atoms with Gasteiger partial charge in [0.15, 0.2) is 5.41 Å². The molecule has 0 bridgehead atoms. The van der Waals surface area contributed by atoms with Crippen LogP contribution in [-0.4, -0.2) is 46.2 Å². The van der Waals surface area contributed by atoms with Crippen molar-refractivity contribution in [1.82, 2.24) is 4.90 Å². The van der Waals surface area contributed by atoms with Crippen LogP contribution in [-0.2, 0) is 9.59 Å². The van der Waals surface area contributed by atoms with Crippen LogP contribution in [0.5, 0.6) is 0 Å². The van der Waals surface area contributed by atoms with Crippen LogP contribution in [0.2, 0.25) is 0 Å². The molecule has 1 saturated heterocycles. The summed E-state index contributed by atoms with van der Waals surface area (Å²) in [6.45, 7) is 5.12. The second kappa shape index (κ2) is 4.18. The summed E-state index contributed by atoms with van der Waals surface area (Å²) in [6, 6.07) is 0.339. The number of hydrogen-bond donors (Lipinski definition) is 2. The fraction of sp³-hybridized carbons (Fsp3) is 0.800. The lowest BCUT2D eigenvalue weighted by Crippen LogP contribution is -2.50. The van der Waals surface area contributed by atoms with E-state index in [1.165, 1.54) is 0 Å². The van der Waals surface area contributed by atoms with Gasteiger partial charge >= 0.3 is 11.9 Å². The number of nitrogens with zero attached hydrogens (tertiary/aromatic N) is 1. The van der Waals surface area contributed by atoms with Gasteiger partial charge in [-0.2, -0.15) is 0 Å². The summed E-state index contributed by atoms with van der Waals surface area (Å²) in [5.74, 6) is -2.42. The van der Waals surface area contributed by atoms with Crippen molar-refractivity contribution in [3.05, 3.63) is 0 Å². The van der Waals surface area contributed by atoms with Gasteiger partial charge in [0.1, 0.15) is 0 Å². The van der Waals surface area contributed by atoms with E-state index in [0.717, 1.165) is 0 Å². The van der Waals surface area contributed by atoms with Crippen LogP contribution in [0.3, 0.4) is 0 Å². The smallest absolute Gasteiger partial charge is 0.321 e. The highest BCUT2D eigenvalue weighted by Crippen LogP contribution is 2.32.